The molecule has 1 aliphatic rings. The molecule has 0 aromatic heterocycles. The first-order valence-electron chi connectivity index (χ1n) is 7.80. The van der Waals surface area contributed by atoms with Gasteiger partial charge in [0.2, 0.25) is 0 Å². The largest absolute Gasteiger partial charge is 0.307 e. The highest BCUT2D eigenvalue weighted by molar-refractivity contribution is 8.00. The molecule has 0 aliphatic carbocycles. The quantitative estimate of drug-likeness (QED) is 0.598. The first-order chi connectivity index (χ1) is 11.5. The lowest BCUT2D eigenvalue weighted by atomic mass is 10.0. The van der Waals surface area contributed by atoms with E-state index in [-0.39, 0.29) is 11.6 Å². The molecule has 2 aromatic carbocycles. The van der Waals surface area contributed by atoms with Gasteiger partial charge in [0.25, 0.3) is 11.6 Å². The lowest BCUT2D eigenvalue weighted by molar-refractivity contribution is -0.385. The number of benzene rings is 2. The average molecular weight is 342 g/mol. The van der Waals surface area contributed by atoms with Gasteiger partial charge in [-0.05, 0) is 31.5 Å². The Balaban J connectivity index is 2.05. The van der Waals surface area contributed by atoms with Crippen LogP contribution in [0.2, 0.25) is 0 Å². The number of nitro benzene ring substituents is 1. The van der Waals surface area contributed by atoms with Crippen LogP contribution in [0, 0.1) is 17.0 Å². The van der Waals surface area contributed by atoms with Gasteiger partial charge in [-0.15, -0.1) is 11.8 Å². The Bertz CT molecular complexity index is 807. The fraction of sp³-hybridized carbons (Fsp3) is 0.278. The van der Waals surface area contributed by atoms with Crippen LogP contribution in [0.15, 0.2) is 47.4 Å². The van der Waals surface area contributed by atoms with Gasteiger partial charge in [0.05, 0.1) is 10.6 Å². The van der Waals surface area contributed by atoms with Gasteiger partial charge in [0.15, 0.2) is 0 Å². The normalized spacial score (nSPS) is 17.1. The molecule has 3 rings (SSSR count). The third-order valence-electron chi connectivity index (χ3n) is 4.22. The Morgan fingerprint density at radius 1 is 1.25 bits per heavy atom. The van der Waals surface area contributed by atoms with E-state index in [9.17, 15) is 14.9 Å². The minimum atomic E-state index is -0.444. The molecule has 0 spiro atoms. The molecule has 5 nitrogen and oxygen atoms in total. The van der Waals surface area contributed by atoms with Crippen molar-refractivity contribution < 1.29 is 9.72 Å². The summed E-state index contributed by atoms with van der Waals surface area (Å²) in [7, 11) is 0. The molecule has 1 aliphatic heterocycles. The third kappa shape index (κ3) is 3.01. The number of carbonyl (C=O) groups excluding carboxylic acids is 1. The fourth-order valence-corrected chi connectivity index (χ4v) is 4.01. The van der Waals surface area contributed by atoms with Crippen molar-refractivity contribution in [1.82, 2.24) is 0 Å². The van der Waals surface area contributed by atoms with E-state index >= 15 is 0 Å². The number of nitrogens with zero attached hydrogens (tertiary/aromatic N) is 2. The molecule has 1 atom stereocenters. The zero-order chi connectivity index (χ0) is 17.3. The smallest absolute Gasteiger partial charge is 0.273 e. The molecule has 0 radical (unpaired) electrons. The van der Waals surface area contributed by atoms with E-state index in [2.05, 4.69) is 6.92 Å². The molecule has 124 valence electrons. The molecule has 2 aromatic rings. The lowest BCUT2D eigenvalue weighted by Crippen LogP contribution is -2.32. The minimum absolute atomic E-state index is 0.0216. The number of thioether (sulfide) groups is 1. The Hall–Kier alpha value is -2.34. The number of nitro groups is 1. The summed E-state index contributed by atoms with van der Waals surface area (Å²) in [5.74, 6) is -0.182. The zero-order valence-corrected chi connectivity index (χ0v) is 14.4. The third-order valence-corrected chi connectivity index (χ3v) is 5.46. The van der Waals surface area contributed by atoms with E-state index in [4.69, 9.17) is 0 Å². The van der Waals surface area contributed by atoms with Crippen LogP contribution >= 0.6 is 11.8 Å². The van der Waals surface area contributed by atoms with Gasteiger partial charge in [0.1, 0.15) is 0 Å². The predicted molar refractivity (Wildman–Crippen MR) is 95.9 cm³/mol. The van der Waals surface area contributed by atoms with Crippen molar-refractivity contribution >= 4 is 29.0 Å². The van der Waals surface area contributed by atoms with Crippen LogP contribution in [0.5, 0.6) is 0 Å². The van der Waals surface area contributed by atoms with Crippen molar-refractivity contribution in [2.24, 2.45) is 0 Å². The van der Waals surface area contributed by atoms with Crippen molar-refractivity contribution in [3.8, 4) is 0 Å². The van der Waals surface area contributed by atoms with Crippen LogP contribution in [0.25, 0.3) is 0 Å². The Morgan fingerprint density at radius 2 is 2.00 bits per heavy atom. The van der Waals surface area contributed by atoms with E-state index in [1.54, 1.807) is 35.7 Å². The molecule has 0 unspecified atom stereocenters. The van der Waals surface area contributed by atoms with Crippen LogP contribution < -0.4 is 4.90 Å². The summed E-state index contributed by atoms with van der Waals surface area (Å²) in [5.41, 5.74) is 1.66. The minimum Gasteiger partial charge on any atom is -0.307 e. The van der Waals surface area contributed by atoms with Crippen LogP contribution in [0.3, 0.4) is 0 Å². The summed E-state index contributed by atoms with van der Waals surface area (Å²) >= 11 is 1.76. The number of hydrogen-bond donors (Lipinski definition) is 0. The van der Waals surface area contributed by atoms with Crippen LogP contribution in [-0.2, 0) is 0 Å². The molecule has 6 heteroatoms. The van der Waals surface area contributed by atoms with E-state index in [1.807, 2.05) is 24.3 Å². The Morgan fingerprint density at radius 3 is 2.75 bits per heavy atom. The number of anilines is 1. The highest BCUT2D eigenvalue weighted by Crippen LogP contribution is 2.38. The first kappa shape index (κ1) is 16.5. The predicted octanol–water partition coefficient (Wildman–Crippen LogP) is 4.43. The maximum absolute atomic E-state index is 13.1. The number of para-hydroxylation sites is 1. The maximum Gasteiger partial charge on any atom is 0.273 e. The van der Waals surface area contributed by atoms with Gasteiger partial charge in [-0.2, -0.15) is 0 Å². The Kier molecular flexibility index (Phi) is 4.57. The molecule has 0 saturated carbocycles. The summed E-state index contributed by atoms with van der Waals surface area (Å²) in [5, 5.41) is 11.6. The van der Waals surface area contributed by atoms with Gasteiger partial charge in [-0.3, -0.25) is 14.9 Å². The second-order valence-corrected chi connectivity index (χ2v) is 7.33. The fourth-order valence-electron chi connectivity index (χ4n) is 2.90. The summed E-state index contributed by atoms with van der Waals surface area (Å²) in [6, 6.07) is 12.5. The molecule has 0 saturated heterocycles. The van der Waals surface area contributed by atoms with Gasteiger partial charge >= 0.3 is 0 Å². The maximum atomic E-state index is 13.1. The van der Waals surface area contributed by atoms with Crippen molar-refractivity contribution in [3.05, 3.63) is 63.7 Å². The second-order valence-electron chi connectivity index (χ2n) is 5.85. The van der Waals surface area contributed by atoms with E-state index in [1.165, 1.54) is 6.07 Å². The summed E-state index contributed by atoms with van der Waals surface area (Å²) < 4.78 is 0. The molecular weight excluding hydrogens is 324 g/mol. The number of carbonyl (C=O) groups is 1. The van der Waals surface area contributed by atoms with Crippen molar-refractivity contribution in [1.29, 1.82) is 0 Å². The molecule has 0 bridgehead atoms. The number of rotatable bonds is 2. The molecular formula is C18H18N2O3S. The van der Waals surface area contributed by atoms with Crippen LogP contribution in [-0.4, -0.2) is 22.6 Å². The SMILES string of the molecule is Cc1c(C(=O)N2CC[C@H](C)Sc3ccccc32)cccc1[N+](=O)[O-]. The number of amides is 1. The molecule has 1 amide bonds. The van der Waals surface area contributed by atoms with Crippen LogP contribution in [0.1, 0.15) is 29.3 Å². The summed E-state index contributed by atoms with van der Waals surface area (Å²) in [6.45, 7) is 4.38. The molecule has 0 fully saturated rings. The van der Waals surface area contributed by atoms with E-state index in [0.717, 1.165) is 17.0 Å². The highest BCUT2D eigenvalue weighted by Gasteiger charge is 2.27. The van der Waals surface area contributed by atoms with Crippen LogP contribution in [0.4, 0.5) is 11.4 Å². The summed E-state index contributed by atoms with van der Waals surface area (Å²) in [4.78, 5) is 26.6. The van der Waals surface area contributed by atoms with E-state index < -0.39 is 4.92 Å². The highest BCUT2D eigenvalue weighted by atomic mass is 32.2. The molecule has 24 heavy (non-hydrogen) atoms. The van der Waals surface area contributed by atoms with Gasteiger partial charge in [-0.1, -0.05) is 25.1 Å². The van der Waals surface area contributed by atoms with Crippen molar-refractivity contribution in [2.75, 3.05) is 11.4 Å². The first-order valence-corrected chi connectivity index (χ1v) is 8.68. The topological polar surface area (TPSA) is 63.5 Å². The zero-order valence-electron chi connectivity index (χ0n) is 13.6. The molecule has 0 N–H and O–H groups in total. The number of hydrogen-bond acceptors (Lipinski definition) is 4. The molecule has 1 heterocycles. The van der Waals surface area contributed by atoms with Gasteiger partial charge in [-0.25, -0.2) is 0 Å². The number of fused-ring (bicyclic) bond motifs is 1. The summed E-state index contributed by atoms with van der Waals surface area (Å²) in [6.07, 6.45) is 0.874. The van der Waals surface area contributed by atoms with Crippen molar-refractivity contribution in [2.45, 2.75) is 30.4 Å². The van der Waals surface area contributed by atoms with E-state index in [0.29, 0.717) is 22.9 Å². The lowest BCUT2D eigenvalue weighted by Gasteiger charge is -2.23. The Labute approximate surface area is 144 Å². The standard InChI is InChI=1S/C18H18N2O3S/c1-12-10-11-19(16-7-3-4-9-17(16)24-12)18(21)14-6-5-8-15(13(14)2)20(22)23/h3-9,12H,10-11H2,1-2H3/t12-/m0/s1. The monoisotopic (exact) mass is 342 g/mol. The van der Waals surface area contributed by atoms with Crippen molar-refractivity contribution in [3.63, 3.8) is 0 Å². The average Bonchev–Trinajstić information content (AvgIpc) is 2.72. The van der Waals surface area contributed by atoms with Gasteiger partial charge in [0, 0.05) is 33.9 Å². The second kappa shape index (κ2) is 6.65. The van der Waals surface area contributed by atoms with Gasteiger partial charge < -0.3 is 4.90 Å².